The minimum absolute atomic E-state index is 0.0143. The average Bonchev–Trinajstić information content (AvgIpc) is 3.39. The van der Waals surface area contributed by atoms with Crippen LogP contribution in [0.5, 0.6) is 0 Å². The van der Waals surface area contributed by atoms with E-state index >= 15 is 0 Å². The van der Waals surface area contributed by atoms with Gasteiger partial charge in [0.15, 0.2) is 0 Å². The molecule has 2 atom stereocenters. The number of nitrogens with one attached hydrogen (secondary N) is 1. The van der Waals surface area contributed by atoms with Crippen LogP contribution in [0.4, 0.5) is 0 Å². The smallest absolute Gasteiger partial charge is 0.250 e. The fraction of sp³-hybridized carbons (Fsp3) is 0.400. The van der Waals surface area contributed by atoms with Gasteiger partial charge >= 0.3 is 0 Å². The van der Waals surface area contributed by atoms with Gasteiger partial charge in [0.05, 0.1) is 6.04 Å². The van der Waals surface area contributed by atoms with Gasteiger partial charge in [0.2, 0.25) is 11.8 Å². The summed E-state index contributed by atoms with van der Waals surface area (Å²) in [7, 11) is 5.36. The molecule has 1 saturated carbocycles. The van der Waals surface area contributed by atoms with E-state index in [1.165, 1.54) is 5.98 Å². The molecule has 2 aliphatic rings. The number of nitrogens with zero attached hydrogens (tertiary/aromatic N) is 1. The third kappa shape index (κ3) is 4.41. The summed E-state index contributed by atoms with van der Waals surface area (Å²) >= 11 is 0. The molecule has 4 nitrogen and oxygen atoms in total. The lowest BCUT2D eigenvalue weighted by molar-refractivity contribution is -0.137. The standard InChI is InChI=1S/C20H23BN2O2/c21-13-5-4-9-17-10-6-14-23(17)20(25)18(15-7-2-1-3-8-15)22-19(24)16-11-12-16/h1-5,7-9,13,16-18H,6,10-12,14H2,(H,22,24)/t17-,18+/m1/s1. The first-order valence-electron chi connectivity index (χ1n) is 8.91. The summed E-state index contributed by atoms with van der Waals surface area (Å²) in [5.41, 5.74) is 0.831. The molecule has 0 unspecified atom stereocenters. The van der Waals surface area contributed by atoms with Crippen LogP contribution in [0.15, 0.2) is 54.5 Å². The molecular formula is C20H23BN2O2. The van der Waals surface area contributed by atoms with E-state index in [1.54, 1.807) is 6.08 Å². The normalized spacial score (nSPS) is 21.8. The van der Waals surface area contributed by atoms with E-state index in [1.807, 2.05) is 47.4 Å². The Morgan fingerprint density at radius 1 is 1.16 bits per heavy atom. The molecule has 128 valence electrons. The fourth-order valence-electron chi connectivity index (χ4n) is 3.23. The Bertz CT molecular complexity index is 668. The summed E-state index contributed by atoms with van der Waals surface area (Å²) in [6, 6.07) is 8.93. The quantitative estimate of drug-likeness (QED) is 0.642. The van der Waals surface area contributed by atoms with Gasteiger partial charge in [0.1, 0.15) is 13.9 Å². The predicted molar refractivity (Wildman–Crippen MR) is 98.8 cm³/mol. The van der Waals surface area contributed by atoms with E-state index in [-0.39, 0.29) is 23.8 Å². The molecule has 1 saturated heterocycles. The molecule has 0 bridgehead atoms. The lowest BCUT2D eigenvalue weighted by Crippen LogP contribution is -2.44. The number of carbonyl (C=O) groups excluding carboxylic acids is 2. The van der Waals surface area contributed by atoms with Crippen molar-refractivity contribution in [2.75, 3.05) is 6.54 Å². The van der Waals surface area contributed by atoms with E-state index in [0.717, 1.165) is 31.2 Å². The van der Waals surface area contributed by atoms with Crippen molar-refractivity contribution < 1.29 is 9.59 Å². The van der Waals surface area contributed by atoms with Crippen molar-refractivity contribution in [1.29, 1.82) is 0 Å². The van der Waals surface area contributed by atoms with Gasteiger partial charge in [-0.25, -0.2) is 0 Å². The highest BCUT2D eigenvalue weighted by atomic mass is 16.2. The second-order valence-electron chi connectivity index (χ2n) is 6.64. The molecule has 3 rings (SSSR count). The second-order valence-corrected chi connectivity index (χ2v) is 6.64. The molecular weight excluding hydrogens is 311 g/mol. The fourth-order valence-corrected chi connectivity index (χ4v) is 3.23. The van der Waals surface area contributed by atoms with Crippen LogP contribution in [0, 0.1) is 5.92 Å². The summed E-state index contributed by atoms with van der Waals surface area (Å²) < 4.78 is 0. The number of rotatable bonds is 6. The van der Waals surface area contributed by atoms with Crippen LogP contribution in [0.25, 0.3) is 0 Å². The summed E-state index contributed by atoms with van der Waals surface area (Å²) in [6.45, 7) is 0.711. The monoisotopic (exact) mass is 334 g/mol. The average molecular weight is 334 g/mol. The van der Waals surface area contributed by atoms with Crippen molar-refractivity contribution in [2.45, 2.75) is 37.8 Å². The van der Waals surface area contributed by atoms with E-state index in [9.17, 15) is 9.59 Å². The highest BCUT2D eigenvalue weighted by Gasteiger charge is 2.36. The number of carbonyl (C=O) groups is 2. The van der Waals surface area contributed by atoms with Crippen LogP contribution < -0.4 is 5.32 Å². The van der Waals surface area contributed by atoms with Crippen molar-refractivity contribution in [3.8, 4) is 0 Å². The summed E-state index contributed by atoms with van der Waals surface area (Å²) in [6.07, 6.45) is 9.36. The highest BCUT2D eigenvalue weighted by molar-refractivity contribution is 6.17. The molecule has 0 spiro atoms. The molecule has 1 aliphatic carbocycles. The van der Waals surface area contributed by atoms with E-state index < -0.39 is 6.04 Å². The zero-order valence-corrected chi connectivity index (χ0v) is 14.3. The summed E-state index contributed by atoms with van der Waals surface area (Å²) in [5.74, 6) is 1.49. The van der Waals surface area contributed by atoms with Crippen LogP contribution in [0.3, 0.4) is 0 Å². The van der Waals surface area contributed by atoms with Gasteiger partial charge in [0, 0.05) is 12.5 Å². The predicted octanol–water partition coefficient (Wildman–Crippen LogP) is 2.48. The van der Waals surface area contributed by atoms with Crippen LogP contribution in [0.2, 0.25) is 0 Å². The Hall–Kier alpha value is -2.30. The SMILES string of the molecule is [B]C=CC=C[C@@H]1CCCN1C(=O)[C@@H](NC(=O)C1CC1)c1ccccc1. The van der Waals surface area contributed by atoms with Gasteiger partial charge in [0.25, 0.3) is 0 Å². The lowest BCUT2D eigenvalue weighted by Gasteiger charge is -2.28. The number of amides is 2. The Kier molecular flexibility index (Phi) is 5.74. The first kappa shape index (κ1) is 17.5. The Morgan fingerprint density at radius 2 is 1.92 bits per heavy atom. The van der Waals surface area contributed by atoms with Gasteiger partial charge in [-0.15, -0.1) is 5.98 Å². The Balaban J connectivity index is 1.79. The van der Waals surface area contributed by atoms with Gasteiger partial charge in [-0.2, -0.15) is 0 Å². The van der Waals surface area contributed by atoms with Gasteiger partial charge < -0.3 is 10.2 Å². The van der Waals surface area contributed by atoms with Crippen molar-refractivity contribution in [2.24, 2.45) is 5.92 Å². The molecule has 25 heavy (non-hydrogen) atoms. The van der Waals surface area contributed by atoms with Crippen LogP contribution in [-0.4, -0.2) is 37.1 Å². The van der Waals surface area contributed by atoms with Crippen LogP contribution in [0.1, 0.15) is 37.3 Å². The number of hydrogen-bond acceptors (Lipinski definition) is 2. The van der Waals surface area contributed by atoms with Crippen molar-refractivity contribution >= 4 is 19.7 Å². The first-order chi connectivity index (χ1) is 12.2. The van der Waals surface area contributed by atoms with Gasteiger partial charge in [-0.1, -0.05) is 48.6 Å². The topological polar surface area (TPSA) is 49.4 Å². The zero-order valence-electron chi connectivity index (χ0n) is 14.3. The lowest BCUT2D eigenvalue weighted by atomic mass is 10.0. The van der Waals surface area contributed by atoms with Crippen LogP contribution >= 0.6 is 0 Å². The van der Waals surface area contributed by atoms with E-state index in [0.29, 0.717) is 6.54 Å². The van der Waals surface area contributed by atoms with Crippen LogP contribution in [-0.2, 0) is 9.59 Å². The third-order valence-electron chi connectivity index (χ3n) is 4.75. The van der Waals surface area contributed by atoms with Crippen molar-refractivity contribution in [1.82, 2.24) is 10.2 Å². The molecule has 1 aromatic rings. The first-order valence-corrected chi connectivity index (χ1v) is 8.91. The minimum atomic E-state index is -0.617. The molecule has 1 aliphatic heterocycles. The maximum atomic E-state index is 13.2. The number of likely N-dealkylation sites (tertiary alicyclic amines) is 1. The number of hydrogen-bond donors (Lipinski definition) is 1. The van der Waals surface area contributed by atoms with Crippen molar-refractivity contribution in [3.63, 3.8) is 0 Å². The zero-order chi connectivity index (χ0) is 17.6. The molecule has 2 fully saturated rings. The number of benzene rings is 1. The largest absolute Gasteiger partial charge is 0.340 e. The molecule has 0 aromatic heterocycles. The maximum Gasteiger partial charge on any atom is 0.250 e. The summed E-state index contributed by atoms with van der Waals surface area (Å²) in [4.78, 5) is 27.4. The molecule has 1 heterocycles. The van der Waals surface area contributed by atoms with Gasteiger partial charge in [-0.3, -0.25) is 9.59 Å². The third-order valence-corrected chi connectivity index (χ3v) is 4.75. The van der Waals surface area contributed by atoms with E-state index in [2.05, 4.69) is 5.32 Å². The molecule has 1 aromatic carbocycles. The molecule has 2 radical (unpaired) electrons. The molecule has 5 heteroatoms. The Labute approximate surface area is 150 Å². The Morgan fingerprint density at radius 3 is 2.60 bits per heavy atom. The molecule has 2 amide bonds. The van der Waals surface area contributed by atoms with Gasteiger partial charge in [-0.05, 0) is 31.2 Å². The van der Waals surface area contributed by atoms with Crippen molar-refractivity contribution in [3.05, 3.63) is 60.1 Å². The number of allylic oxidation sites excluding steroid dienone is 2. The molecule has 1 N–H and O–H groups in total. The summed E-state index contributed by atoms with van der Waals surface area (Å²) in [5, 5.41) is 2.97. The maximum absolute atomic E-state index is 13.2. The van der Waals surface area contributed by atoms with E-state index in [4.69, 9.17) is 7.85 Å². The highest BCUT2D eigenvalue weighted by Crippen LogP contribution is 2.31. The second kappa shape index (κ2) is 8.19. The minimum Gasteiger partial charge on any atom is -0.340 e.